The zero-order chi connectivity index (χ0) is 12.7. The van der Waals surface area contributed by atoms with Gasteiger partial charge in [0.25, 0.3) is 0 Å². The minimum Gasteiger partial charge on any atom is -0.298 e. The van der Waals surface area contributed by atoms with Gasteiger partial charge in [-0.3, -0.25) is 4.40 Å². The van der Waals surface area contributed by atoms with Crippen LogP contribution in [0.4, 0.5) is 0 Å². The summed E-state index contributed by atoms with van der Waals surface area (Å²) in [6.07, 6.45) is 5.14. The maximum Gasteiger partial charge on any atom is 0.223 e. The smallest absolute Gasteiger partial charge is 0.223 e. The average Bonchev–Trinajstić information content (AvgIpc) is 2.75. The van der Waals surface area contributed by atoms with E-state index < -0.39 is 0 Å². The molecular formula is C12H8Cl2N4. The van der Waals surface area contributed by atoms with Crippen molar-refractivity contribution in [3.05, 3.63) is 46.6 Å². The molecule has 0 aliphatic rings. The number of hydrogen-bond acceptors (Lipinski definition) is 3. The van der Waals surface area contributed by atoms with Gasteiger partial charge in [-0.2, -0.15) is 0 Å². The number of rotatable bonds is 1. The fourth-order valence-corrected chi connectivity index (χ4v) is 2.10. The quantitative estimate of drug-likeness (QED) is 0.641. The molecule has 0 saturated carbocycles. The van der Waals surface area contributed by atoms with E-state index in [1.165, 1.54) is 6.20 Å². The molecule has 3 aromatic rings. The van der Waals surface area contributed by atoms with Crippen LogP contribution in [-0.2, 0) is 0 Å². The Bertz CT molecular complexity index is 736. The van der Waals surface area contributed by atoms with Crippen molar-refractivity contribution in [1.82, 2.24) is 19.4 Å². The van der Waals surface area contributed by atoms with Crippen LogP contribution in [-0.4, -0.2) is 19.4 Å². The van der Waals surface area contributed by atoms with Gasteiger partial charge in [-0.05, 0) is 36.2 Å². The van der Waals surface area contributed by atoms with Crippen molar-refractivity contribution in [1.29, 1.82) is 0 Å². The van der Waals surface area contributed by atoms with Gasteiger partial charge in [0, 0.05) is 6.20 Å². The summed E-state index contributed by atoms with van der Waals surface area (Å²) in [7, 11) is 0. The van der Waals surface area contributed by atoms with E-state index in [0.29, 0.717) is 10.7 Å². The summed E-state index contributed by atoms with van der Waals surface area (Å²) in [5, 5.41) is 0.609. The van der Waals surface area contributed by atoms with Gasteiger partial charge in [-0.1, -0.05) is 11.6 Å². The molecule has 0 amide bonds. The lowest BCUT2D eigenvalue weighted by Crippen LogP contribution is -1.93. The molecule has 6 heteroatoms. The summed E-state index contributed by atoms with van der Waals surface area (Å²) in [5.74, 6) is 0. The summed E-state index contributed by atoms with van der Waals surface area (Å²) in [6.45, 7) is 2.02. The van der Waals surface area contributed by atoms with Gasteiger partial charge in [-0.25, -0.2) is 15.0 Å². The van der Waals surface area contributed by atoms with Gasteiger partial charge >= 0.3 is 0 Å². The third kappa shape index (κ3) is 1.83. The van der Waals surface area contributed by atoms with E-state index in [2.05, 4.69) is 15.0 Å². The fourth-order valence-electron chi connectivity index (χ4n) is 1.78. The molecule has 0 fully saturated rings. The number of nitrogens with zero attached hydrogens (tertiary/aromatic N) is 4. The van der Waals surface area contributed by atoms with Gasteiger partial charge in [0.15, 0.2) is 0 Å². The molecule has 0 radical (unpaired) electrons. The maximum atomic E-state index is 6.09. The third-order valence-corrected chi connectivity index (χ3v) is 3.08. The van der Waals surface area contributed by atoms with Crippen LogP contribution in [0.1, 0.15) is 5.56 Å². The highest BCUT2D eigenvalue weighted by molar-refractivity contribution is 6.33. The lowest BCUT2D eigenvalue weighted by atomic mass is 10.3. The second-order valence-corrected chi connectivity index (χ2v) is 4.66. The number of hydrogen-bond donors (Lipinski definition) is 0. The van der Waals surface area contributed by atoms with E-state index >= 15 is 0 Å². The standard InChI is InChI=1S/C12H8Cl2N4/c1-7-2-3-18-9(6-15-10(18)4-7)11-8(13)5-16-12(14)17-11/h2-6H,1H3. The minimum atomic E-state index is 0.163. The predicted molar refractivity (Wildman–Crippen MR) is 71.0 cm³/mol. The Balaban J connectivity index is 2.28. The number of pyridine rings is 1. The molecule has 3 heterocycles. The van der Waals surface area contributed by atoms with E-state index in [-0.39, 0.29) is 5.28 Å². The fraction of sp³-hybridized carbons (Fsp3) is 0.0833. The molecule has 18 heavy (non-hydrogen) atoms. The van der Waals surface area contributed by atoms with Crippen LogP contribution in [0.2, 0.25) is 10.3 Å². The minimum absolute atomic E-state index is 0.163. The van der Waals surface area contributed by atoms with Crippen molar-refractivity contribution in [2.24, 2.45) is 0 Å². The zero-order valence-electron chi connectivity index (χ0n) is 9.43. The third-order valence-electron chi connectivity index (χ3n) is 2.63. The summed E-state index contributed by atoms with van der Waals surface area (Å²) in [4.78, 5) is 12.3. The SMILES string of the molecule is Cc1ccn2c(-c3nc(Cl)ncc3Cl)cnc2c1. The molecule has 0 bridgehead atoms. The van der Waals surface area contributed by atoms with E-state index in [9.17, 15) is 0 Å². The number of aryl methyl sites for hydroxylation is 1. The summed E-state index contributed by atoms with van der Waals surface area (Å²) < 4.78 is 1.91. The largest absolute Gasteiger partial charge is 0.298 e. The van der Waals surface area contributed by atoms with Crippen LogP contribution in [0.15, 0.2) is 30.7 Å². The summed E-state index contributed by atoms with van der Waals surface area (Å²) in [6, 6.07) is 3.98. The highest BCUT2D eigenvalue weighted by atomic mass is 35.5. The highest BCUT2D eigenvalue weighted by Gasteiger charge is 2.12. The van der Waals surface area contributed by atoms with E-state index in [1.54, 1.807) is 6.20 Å². The van der Waals surface area contributed by atoms with Gasteiger partial charge in [0.2, 0.25) is 5.28 Å². The molecule has 0 aliphatic carbocycles. The van der Waals surface area contributed by atoms with Crippen LogP contribution in [0.5, 0.6) is 0 Å². The summed E-state index contributed by atoms with van der Waals surface area (Å²) in [5.41, 5.74) is 3.36. The number of halogens is 2. The summed E-state index contributed by atoms with van der Waals surface area (Å²) >= 11 is 11.9. The predicted octanol–water partition coefficient (Wildman–Crippen LogP) is 3.41. The van der Waals surface area contributed by atoms with Crippen molar-refractivity contribution >= 4 is 28.8 Å². The molecule has 3 rings (SSSR count). The highest BCUT2D eigenvalue weighted by Crippen LogP contribution is 2.26. The molecule has 90 valence electrons. The molecule has 0 unspecified atom stereocenters. The van der Waals surface area contributed by atoms with Gasteiger partial charge in [0.1, 0.15) is 11.3 Å². The average molecular weight is 279 g/mol. The van der Waals surface area contributed by atoms with Crippen molar-refractivity contribution in [2.75, 3.05) is 0 Å². The molecule has 0 spiro atoms. The van der Waals surface area contributed by atoms with Crippen LogP contribution >= 0.6 is 23.2 Å². The Morgan fingerprint density at radius 3 is 2.83 bits per heavy atom. The normalized spacial score (nSPS) is 11.1. The maximum absolute atomic E-state index is 6.09. The van der Waals surface area contributed by atoms with Crippen LogP contribution in [0.3, 0.4) is 0 Å². The van der Waals surface area contributed by atoms with Gasteiger partial charge in [0.05, 0.1) is 23.1 Å². The van der Waals surface area contributed by atoms with E-state index in [1.807, 2.05) is 29.7 Å². The van der Waals surface area contributed by atoms with E-state index in [0.717, 1.165) is 16.9 Å². The van der Waals surface area contributed by atoms with Crippen LogP contribution in [0.25, 0.3) is 17.0 Å². The second kappa shape index (κ2) is 4.23. The van der Waals surface area contributed by atoms with Gasteiger partial charge < -0.3 is 0 Å². The molecule has 3 aromatic heterocycles. The Hall–Kier alpha value is -1.65. The first-order valence-electron chi connectivity index (χ1n) is 5.27. The molecule has 4 nitrogen and oxygen atoms in total. The van der Waals surface area contributed by atoms with Gasteiger partial charge in [-0.15, -0.1) is 0 Å². The monoisotopic (exact) mass is 278 g/mol. The Morgan fingerprint density at radius 1 is 1.17 bits per heavy atom. The van der Waals surface area contributed by atoms with E-state index in [4.69, 9.17) is 23.2 Å². The molecular weight excluding hydrogens is 271 g/mol. The van der Waals surface area contributed by atoms with Crippen molar-refractivity contribution in [3.8, 4) is 11.4 Å². The lowest BCUT2D eigenvalue weighted by molar-refractivity contribution is 1.12. The lowest BCUT2D eigenvalue weighted by Gasteiger charge is -2.03. The Kier molecular flexibility index (Phi) is 2.69. The number of imidazole rings is 1. The second-order valence-electron chi connectivity index (χ2n) is 3.91. The van der Waals surface area contributed by atoms with Crippen molar-refractivity contribution in [3.63, 3.8) is 0 Å². The molecule has 0 atom stereocenters. The Morgan fingerprint density at radius 2 is 2.00 bits per heavy atom. The number of aromatic nitrogens is 4. The first kappa shape index (κ1) is 11.4. The molecule has 0 saturated heterocycles. The topological polar surface area (TPSA) is 43.1 Å². The zero-order valence-corrected chi connectivity index (χ0v) is 10.9. The van der Waals surface area contributed by atoms with Crippen LogP contribution < -0.4 is 0 Å². The molecule has 0 N–H and O–H groups in total. The molecule has 0 aliphatic heterocycles. The van der Waals surface area contributed by atoms with Crippen molar-refractivity contribution in [2.45, 2.75) is 6.92 Å². The van der Waals surface area contributed by atoms with Crippen molar-refractivity contribution < 1.29 is 0 Å². The number of fused-ring (bicyclic) bond motifs is 1. The first-order chi connectivity index (χ1) is 8.65. The van der Waals surface area contributed by atoms with Crippen LogP contribution in [0, 0.1) is 6.92 Å². The first-order valence-corrected chi connectivity index (χ1v) is 6.03. The molecule has 0 aromatic carbocycles. The Labute approximate surface area is 113 Å².